The molecule has 0 amide bonds. The first-order valence-corrected chi connectivity index (χ1v) is 9.64. The molecule has 0 aliphatic carbocycles. The number of methoxy groups -OCH3 is 3. The van der Waals surface area contributed by atoms with E-state index >= 15 is 0 Å². The summed E-state index contributed by atoms with van der Waals surface area (Å²) in [6.07, 6.45) is 1.25. The molecule has 7 nitrogen and oxygen atoms in total. The van der Waals surface area contributed by atoms with E-state index in [0.717, 1.165) is 24.1 Å². The maximum atomic E-state index is 13.2. The summed E-state index contributed by atoms with van der Waals surface area (Å²) < 4.78 is 27.6. The molecule has 2 aliphatic rings. The van der Waals surface area contributed by atoms with Gasteiger partial charge in [-0.1, -0.05) is 0 Å². The fraction of sp³-hybridized carbons (Fsp3) is 0.409. The van der Waals surface area contributed by atoms with Crippen molar-refractivity contribution in [1.29, 1.82) is 0 Å². The molecule has 2 heterocycles. The highest BCUT2D eigenvalue weighted by molar-refractivity contribution is 5.97. The highest BCUT2D eigenvalue weighted by Gasteiger charge is 2.37. The third-order valence-corrected chi connectivity index (χ3v) is 5.77. The fourth-order valence-corrected chi connectivity index (χ4v) is 4.21. The van der Waals surface area contributed by atoms with Gasteiger partial charge in [-0.05, 0) is 29.8 Å². The van der Waals surface area contributed by atoms with Crippen LogP contribution in [0.1, 0.15) is 33.9 Å². The third-order valence-electron chi connectivity index (χ3n) is 5.77. The second-order valence-electron chi connectivity index (χ2n) is 7.31. The van der Waals surface area contributed by atoms with Crippen molar-refractivity contribution >= 4 is 5.78 Å². The number of rotatable bonds is 6. The van der Waals surface area contributed by atoms with E-state index in [1.54, 1.807) is 39.5 Å². The van der Waals surface area contributed by atoms with E-state index in [9.17, 15) is 4.79 Å². The Morgan fingerprint density at radius 1 is 1.10 bits per heavy atom. The predicted molar refractivity (Wildman–Crippen MR) is 106 cm³/mol. The first-order chi connectivity index (χ1) is 14.1. The molecule has 29 heavy (non-hydrogen) atoms. The summed E-state index contributed by atoms with van der Waals surface area (Å²) in [5, 5.41) is 0. The Morgan fingerprint density at radius 2 is 1.90 bits per heavy atom. The smallest absolute Gasteiger partial charge is 0.231 e. The van der Waals surface area contributed by atoms with Crippen LogP contribution in [0.4, 0.5) is 0 Å². The molecule has 4 rings (SSSR count). The molecule has 1 unspecified atom stereocenters. The van der Waals surface area contributed by atoms with Crippen LogP contribution in [0.3, 0.4) is 0 Å². The zero-order chi connectivity index (χ0) is 20.5. The molecule has 0 bridgehead atoms. The second kappa shape index (κ2) is 7.83. The number of Topliss-reactive ketones (excluding diaryl/α,β-unsaturated/α-hetero) is 1. The minimum atomic E-state index is -0.0382. The van der Waals surface area contributed by atoms with E-state index in [1.807, 2.05) is 6.07 Å². The van der Waals surface area contributed by atoms with E-state index in [1.165, 1.54) is 4.90 Å². The van der Waals surface area contributed by atoms with Crippen molar-refractivity contribution in [2.24, 2.45) is 0 Å². The number of hydrogen-bond donors (Lipinski definition) is 1. The van der Waals surface area contributed by atoms with Gasteiger partial charge >= 0.3 is 0 Å². The Labute approximate surface area is 170 Å². The van der Waals surface area contributed by atoms with Crippen molar-refractivity contribution in [1.82, 2.24) is 0 Å². The van der Waals surface area contributed by atoms with E-state index in [0.29, 0.717) is 40.7 Å². The molecule has 2 atom stereocenters. The normalized spacial score (nSPS) is 19.4. The van der Waals surface area contributed by atoms with Gasteiger partial charge in [-0.2, -0.15) is 0 Å². The standard InChI is InChI=1S/C22H25NO6/c1-23-8-7-14-10-19-21(29-12-28-19)22(27-4)20(14)15(23)11-16(24)13-5-6-17(25-2)18(9-13)26-3/h5-6,9-10,15H,7-8,11-12H2,1-4H3/p+1/t15-/m0/s1. The summed E-state index contributed by atoms with van der Waals surface area (Å²) in [6, 6.07) is 7.26. The molecule has 0 spiro atoms. The number of hydrogen-bond acceptors (Lipinski definition) is 6. The Balaban J connectivity index is 1.69. The Bertz CT molecular complexity index is 941. The van der Waals surface area contributed by atoms with Gasteiger partial charge in [-0.25, -0.2) is 0 Å². The first-order valence-electron chi connectivity index (χ1n) is 9.64. The zero-order valence-corrected chi connectivity index (χ0v) is 17.2. The first kappa shape index (κ1) is 19.4. The van der Waals surface area contributed by atoms with Gasteiger partial charge < -0.3 is 28.6 Å². The highest BCUT2D eigenvalue weighted by atomic mass is 16.7. The van der Waals surface area contributed by atoms with E-state index < -0.39 is 0 Å². The molecule has 1 N–H and O–H groups in total. The summed E-state index contributed by atoms with van der Waals surface area (Å²) in [6.45, 7) is 1.12. The minimum Gasteiger partial charge on any atom is -0.493 e. The summed E-state index contributed by atoms with van der Waals surface area (Å²) in [4.78, 5) is 14.4. The van der Waals surface area contributed by atoms with Gasteiger partial charge in [0.15, 0.2) is 28.8 Å². The number of carbonyl (C=O) groups excluding carboxylic acids is 1. The summed E-state index contributed by atoms with van der Waals surface area (Å²) in [5.41, 5.74) is 2.79. The molecule has 0 aromatic heterocycles. The average molecular weight is 400 g/mol. The lowest BCUT2D eigenvalue weighted by atomic mass is 9.87. The topological polar surface area (TPSA) is 67.7 Å². The molecule has 0 radical (unpaired) electrons. The summed E-state index contributed by atoms with van der Waals surface area (Å²) in [5.74, 6) is 3.21. The van der Waals surface area contributed by atoms with E-state index in [2.05, 4.69) is 7.05 Å². The van der Waals surface area contributed by atoms with Gasteiger partial charge in [0.2, 0.25) is 12.5 Å². The maximum absolute atomic E-state index is 13.2. The van der Waals surface area contributed by atoms with Gasteiger partial charge in [0.05, 0.1) is 46.9 Å². The van der Waals surface area contributed by atoms with Crippen LogP contribution >= 0.6 is 0 Å². The molecule has 7 heteroatoms. The molecule has 2 aromatic rings. The average Bonchev–Trinajstić information content (AvgIpc) is 3.21. The number of nitrogens with one attached hydrogen (secondary N) is 1. The van der Waals surface area contributed by atoms with Gasteiger partial charge in [-0.3, -0.25) is 4.79 Å². The van der Waals surface area contributed by atoms with Crippen LogP contribution < -0.4 is 28.6 Å². The van der Waals surface area contributed by atoms with Crippen molar-refractivity contribution in [2.45, 2.75) is 18.9 Å². The molecular formula is C22H26NO6+. The van der Waals surface area contributed by atoms with Crippen LogP contribution in [-0.2, 0) is 6.42 Å². The van der Waals surface area contributed by atoms with Gasteiger partial charge in [-0.15, -0.1) is 0 Å². The zero-order valence-electron chi connectivity index (χ0n) is 17.2. The van der Waals surface area contributed by atoms with Gasteiger partial charge in [0.25, 0.3) is 0 Å². The lowest BCUT2D eigenvalue weighted by molar-refractivity contribution is -0.913. The lowest BCUT2D eigenvalue weighted by Gasteiger charge is -2.32. The second-order valence-corrected chi connectivity index (χ2v) is 7.31. The highest BCUT2D eigenvalue weighted by Crippen LogP contribution is 2.48. The number of likely N-dealkylation sites (N-methyl/N-ethyl adjacent to an activating group) is 1. The Kier molecular flexibility index (Phi) is 5.24. The number of fused-ring (bicyclic) bond motifs is 2. The molecular weight excluding hydrogens is 374 g/mol. The monoisotopic (exact) mass is 400 g/mol. The van der Waals surface area contributed by atoms with Crippen molar-refractivity contribution in [2.75, 3.05) is 41.7 Å². The Hall–Kier alpha value is -2.93. The SMILES string of the molecule is COc1ccc(C(=O)C[C@H]2c3c(cc4c(c3OC)OCO4)CC[NH+]2C)cc1OC. The van der Waals surface area contributed by atoms with Crippen molar-refractivity contribution in [3.63, 3.8) is 0 Å². The number of carbonyl (C=O) groups is 1. The van der Waals surface area contributed by atoms with Gasteiger partial charge in [0.1, 0.15) is 6.04 Å². The summed E-state index contributed by atoms with van der Waals surface area (Å²) >= 11 is 0. The van der Waals surface area contributed by atoms with Crippen LogP contribution in [-0.4, -0.2) is 47.5 Å². The molecule has 0 fully saturated rings. The Morgan fingerprint density at radius 3 is 2.62 bits per heavy atom. The van der Waals surface area contributed by atoms with Crippen LogP contribution in [0.15, 0.2) is 24.3 Å². The molecule has 2 aromatic carbocycles. The van der Waals surface area contributed by atoms with Crippen molar-refractivity contribution < 1.29 is 33.4 Å². The number of ether oxygens (including phenoxy) is 5. The van der Waals surface area contributed by atoms with Crippen LogP contribution in [0, 0.1) is 0 Å². The summed E-state index contributed by atoms with van der Waals surface area (Å²) in [7, 11) is 6.89. The number of benzene rings is 2. The maximum Gasteiger partial charge on any atom is 0.231 e. The number of quaternary nitrogens is 1. The third kappa shape index (κ3) is 3.35. The predicted octanol–water partition coefficient (Wildman–Crippen LogP) is 1.83. The van der Waals surface area contributed by atoms with Gasteiger partial charge in [0, 0.05) is 12.0 Å². The van der Waals surface area contributed by atoms with Crippen molar-refractivity contribution in [3.8, 4) is 28.7 Å². The fourth-order valence-electron chi connectivity index (χ4n) is 4.21. The van der Waals surface area contributed by atoms with Crippen molar-refractivity contribution in [3.05, 3.63) is 41.0 Å². The molecule has 0 saturated carbocycles. The number of ketones is 1. The minimum absolute atomic E-state index is 0.0382. The molecule has 154 valence electrons. The largest absolute Gasteiger partial charge is 0.493 e. The van der Waals surface area contributed by atoms with E-state index in [-0.39, 0.29) is 18.6 Å². The van der Waals surface area contributed by atoms with Crippen LogP contribution in [0.2, 0.25) is 0 Å². The van der Waals surface area contributed by atoms with Crippen LogP contribution in [0.25, 0.3) is 0 Å². The molecule has 2 aliphatic heterocycles. The molecule has 0 saturated heterocycles. The van der Waals surface area contributed by atoms with Crippen LogP contribution in [0.5, 0.6) is 28.7 Å². The quantitative estimate of drug-likeness (QED) is 0.747. The lowest BCUT2D eigenvalue weighted by Crippen LogP contribution is -3.10. The van der Waals surface area contributed by atoms with E-state index in [4.69, 9.17) is 23.7 Å².